The van der Waals surface area contributed by atoms with Crippen molar-refractivity contribution >= 4 is 0 Å². The predicted octanol–water partition coefficient (Wildman–Crippen LogP) is 2.93. The molecule has 7 rings (SSSR count). The first-order valence-corrected chi connectivity index (χ1v) is 10.0. The third kappa shape index (κ3) is 1.32. The van der Waals surface area contributed by atoms with Crippen LogP contribution in [0.25, 0.3) is 0 Å². The zero-order valence-electron chi connectivity index (χ0n) is 15.7. The van der Waals surface area contributed by atoms with E-state index in [1.54, 1.807) is 0 Å². The number of fused-ring (bicyclic) bond motifs is 1. The molecule has 0 aromatic heterocycles. The average Bonchev–Trinajstić information content (AvgIpc) is 2.99. The third-order valence-electron chi connectivity index (χ3n) is 8.49. The Morgan fingerprint density at radius 1 is 1.31 bits per heavy atom. The van der Waals surface area contributed by atoms with Crippen LogP contribution in [0.5, 0.6) is 11.5 Å². The van der Waals surface area contributed by atoms with Crippen LogP contribution in [0.2, 0.25) is 0 Å². The zero-order valence-corrected chi connectivity index (χ0v) is 15.7. The van der Waals surface area contributed by atoms with Gasteiger partial charge in [-0.05, 0) is 49.3 Å². The van der Waals surface area contributed by atoms with Gasteiger partial charge in [-0.3, -0.25) is 0 Å². The van der Waals surface area contributed by atoms with Crippen LogP contribution in [0.1, 0.15) is 37.8 Å². The van der Waals surface area contributed by atoms with Crippen molar-refractivity contribution in [1.82, 2.24) is 5.32 Å². The molecule has 0 amide bonds. The van der Waals surface area contributed by atoms with Crippen LogP contribution >= 0.6 is 0 Å². The standard InChI is InChI=1S/C22H27NO3/c1-12(2)14-11-20-6-7-22(14,25-3)19-21(20)8-9-23-16(20)10-13-4-5-15(24)18(26-19)17(13)21/h4-7,12,14,16,19,23-24H,8-11H2,1-3H3/t14-,16-,19-,20-,21+,22-/m1/s1. The largest absolute Gasteiger partial charge is 0.504 e. The molecule has 1 saturated heterocycles. The highest BCUT2D eigenvalue weighted by molar-refractivity contribution is 5.65. The van der Waals surface area contributed by atoms with E-state index in [9.17, 15) is 5.11 Å². The molecule has 0 unspecified atom stereocenters. The number of phenolic OH excluding ortho intramolecular Hbond substituents is 1. The number of benzene rings is 1. The molecule has 4 nitrogen and oxygen atoms in total. The quantitative estimate of drug-likeness (QED) is 0.803. The lowest BCUT2D eigenvalue weighted by atomic mass is 9.36. The monoisotopic (exact) mass is 353 g/mol. The van der Waals surface area contributed by atoms with Gasteiger partial charge in [0.05, 0.1) is 5.41 Å². The zero-order chi connectivity index (χ0) is 17.9. The van der Waals surface area contributed by atoms with Crippen LogP contribution < -0.4 is 10.1 Å². The first kappa shape index (κ1) is 15.5. The fourth-order valence-electron chi connectivity index (χ4n) is 7.54. The molecule has 2 spiro atoms. The van der Waals surface area contributed by atoms with E-state index in [0.717, 1.165) is 31.6 Å². The smallest absolute Gasteiger partial charge is 0.165 e. The third-order valence-corrected chi connectivity index (χ3v) is 8.49. The highest BCUT2D eigenvalue weighted by Crippen LogP contribution is 2.74. The van der Waals surface area contributed by atoms with Gasteiger partial charge in [0.25, 0.3) is 0 Å². The Labute approximate surface area is 154 Å². The van der Waals surface area contributed by atoms with Gasteiger partial charge in [-0.15, -0.1) is 0 Å². The molecule has 0 radical (unpaired) electrons. The topological polar surface area (TPSA) is 50.7 Å². The highest BCUT2D eigenvalue weighted by Gasteiger charge is 2.78. The minimum atomic E-state index is -0.419. The van der Waals surface area contributed by atoms with Crippen LogP contribution in [0.4, 0.5) is 0 Å². The molecule has 2 aliphatic heterocycles. The lowest BCUT2D eigenvalue weighted by Gasteiger charge is -2.70. The molecule has 1 aromatic rings. The van der Waals surface area contributed by atoms with Gasteiger partial charge >= 0.3 is 0 Å². The summed E-state index contributed by atoms with van der Waals surface area (Å²) < 4.78 is 13.0. The predicted molar refractivity (Wildman–Crippen MR) is 98.6 cm³/mol. The number of methoxy groups -OCH3 is 1. The van der Waals surface area contributed by atoms with Gasteiger partial charge in [-0.2, -0.15) is 0 Å². The van der Waals surface area contributed by atoms with Crippen molar-refractivity contribution in [3.63, 3.8) is 0 Å². The maximum atomic E-state index is 10.6. The Morgan fingerprint density at radius 3 is 2.92 bits per heavy atom. The second-order valence-corrected chi connectivity index (χ2v) is 9.36. The Hall–Kier alpha value is -1.52. The number of rotatable bonds is 2. The van der Waals surface area contributed by atoms with Gasteiger partial charge in [-0.25, -0.2) is 0 Å². The molecular weight excluding hydrogens is 326 g/mol. The van der Waals surface area contributed by atoms with Crippen molar-refractivity contribution in [1.29, 1.82) is 0 Å². The second-order valence-electron chi connectivity index (χ2n) is 9.36. The molecule has 4 bridgehead atoms. The summed E-state index contributed by atoms with van der Waals surface area (Å²) in [6.07, 6.45) is 7.90. The Morgan fingerprint density at radius 2 is 2.15 bits per heavy atom. The highest BCUT2D eigenvalue weighted by atomic mass is 16.6. The number of aromatic hydroxyl groups is 1. The van der Waals surface area contributed by atoms with Gasteiger partial charge in [0.1, 0.15) is 11.7 Å². The van der Waals surface area contributed by atoms with E-state index < -0.39 is 5.60 Å². The first-order chi connectivity index (χ1) is 12.5. The number of phenols is 1. The van der Waals surface area contributed by atoms with Gasteiger partial charge in [-0.1, -0.05) is 32.1 Å². The minimum Gasteiger partial charge on any atom is -0.504 e. The van der Waals surface area contributed by atoms with Gasteiger partial charge in [0.2, 0.25) is 0 Å². The van der Waals surface area contributed by atoms with Crippen molar-refractivity contribution < 1.29 is 14.6 Å². The minimum absolute atomic E-state index is 0.0528. The van der Waals surface area contributed by atoms with Crippen LogP contribution in [0.15, 0.2) is 24.3 Å². The van der Waals surface area contributed by atoms with Crippen molar-refractivity contribution in [2.45, 2.75) is 56.3 Å². The molecule has 2 heterocycles. The number of ether oxygens (including phenoxy) is 2. The first-order valence-electron chi connectivity index (χ1n) is 10.0. The van der Waals surface area contributed by atoms with E-state index in [1.165, 1.54) is 11.1 Å². The van der Waals surface area contributed by atoms with Crippen LogP contribution in [-0.4, -0.2) is 36.5 Å². The number of hydrogen-bond donors (Lipinski definition) is 2. The summed E-state index contributed by atoms with van der Waals surface area (Å²) in [7, 11) is 1.84. The molecule has 1 aromatic carbocycles. The van der Waals surface area contributed by atoms with Gasteiger partial charge < -0.3 is 19.9 Å². The molecule has 1 saturated carbocycles. The molecule has 2 fully saturated rings. The maximum Gasteiger partial charge on any atom is 0.165 e. The summed E-state index contributed by atoms with van der Waals surface area (Å²) in [5, 5.41) is 14.5. The number of hydrogen-bond acceptors (Lipinski definition) is 4. The lowest BCUT2D eigenvalue weighted by Crippen LogP contribution is -2.79. The van der Waals surface area contributed by atoms with Crippen LogP contribution in [0.3, 0.4) is 0 Å². The van der Waals surface area contributed by atoms with Crippen molar-refractivity contribution in [2.24, 2.45) is 17.3 Å². The van der Waals surface area contributed by atoms with Crippen LogP contribution in [-0.2, 0) is 16.6 Å². The fraction of sp³-hybridized carbons (Fsp3) is 0.636. The molecule has 2 N–H and O–H groups in total. The Kier molecular flexibility index (Phi) is 2.67. The molecule has 26 heavy (non-hydrogen) atoms. The summed E-state index contributed by atoms with van der Waals surface area (Å²) in [5.41, 5.74) is 2.18. The van der Waals surface area contributed by atoms with E-state index in [-0.39, 0.29) is 22.7 Å². The Balaban J connectivity index is 1.72. The summed E-state index contributed by atoms with van der Waals surface area (Å²) in [5.74, 6) is 1.94. The Bertz CT molecular complexity index is 848. The van der Waals surface area contributed by atoms with E-state index >= 15 is 0 Å². The molecule has 6 atom stereocenters. The maximum absolute atomic E-state index is 10.6. The molecule has 4 heteroatoms. The van der Waals surface area contributed by atoms with Crippen molar-refractivity contribution in [2.75, 3.05) is 13.7 Å². The van der Waals surface area contributed by atoms with Crippen molar-refractivity contribution in [3.8, 4) is 11.5 Å². The number of piperidine rings is 1. The molecule has 138 valence electrons. The summed E-state index contributed by atoms with van der Waals surface area (Å²) >= 11 is 0. The lowest BCUT2D eigenvalue weighted by molar-refractivity contribution is -0.208. The summed E-state index contributed by atoms with van der Waals surface area (Å²) in [6.45, 7) is 5.61. The van der Waals surface area contributed by atoms with E-state index in [1.807, 2.05) is 13.2 Å². The summed E-state index contributed by atoms with van der Waals surface area (Å²) in [6, 6.07) is 4.35. The molecule has 6 aliphatic rings. The fourth-order valence-corrected chi connectivity index (χ4v) is 7.54. The van der Waals surface area contributed by atoms with Crippen LogP contribution in [0, 0.1) is 17.3 Å². The van der Waals surface area contributed by atoms with Crippen molar-refractivity contribution in [3.05, 3.63) is 35.4 Å². The van der Waals surface area contributed by atoms with E-state index in [4.69, 9.17) is 9.47 Å². The van der Waals surface area contributed by atoms with Gasteiger partial charge in [0.15, 0.2) is 11.5 Å². The summed E-state index contributed by atoms with van der Waals surface area (Å²) in [4.78, 5) is 0. The van der Waals surface area contributed by atoms with Gasteiger partial charge in [0, 0.05) is 24.1 Å². The normalized spacial score (nSPS) is 46.4. The average molecular weight is 353 g/mol. The molecular formula is C22H27NO3. The van der Waals surface area contributed by atoms with E-state index in [0.29, 0.717) is 17.9 Å². The number of nitrogens with one attached hydrogen (secondary N) is 1. The van der Waals surface area contributed by atoms with E-state index in [2.05, 4.69) is 37.4 Å². The SMILES string of the molecule is CO[C@]12C=C[C@@]3(C[C@@H]1C(C)C)[C@H]1Cc4ccc(O)c5c4[C@@]3(CCN1)[C@H]2O5. The second kappa shape index (κ2) is 4.48. The molecule has 4 aliphatic carbocycles.